The smallest absolute Gasteiger partial charge is 0.354 e. The lowest BCUT2D eigenvalue weighted by Crippen LogP contribution is -2.47. The maximum atomic E-state index is 13.0. The van der Waals surface area contributed by atoms with E-state index in [1.165, 1.54) is 30.4 Å². The highest BCUT2D eigenvalue weighted by atomic mass is 32.1. The van der Waals surface area contributed by atoms with Crippen LogP contribution in [0.2, 0.25) is 0 Å². The van der Waals surface area contributed by atoms with E-state index in [9.17, 15) is 22.8 Å². The number of piperazine rings is 1. The van der Waals surface area contributed by atoms with Crippen LogP contribution < -0.4 is 10.2 Å². The molecule has 1 aliphatic rings. The summed E-state index contributed by atoms with van der Waals surface area (Å²) in [5, 5.41) is 4.76. The number of benzene rings is 1. The van der Waals surface area contributed by atoms with Gasteiger partial charge in [-0.15, -0.1) is 11.3 Å². The van der Waals surface area contributed by atoms with Crippen molar-refractivity contribution < 1.29 is 22.8 Å². The minimum atomic E-state index is -4.50. The molecule has 144 valence electrons. The molecule has 0 radical (unpaired) electrons. The Bertz CT molecular complexity index is 853. The fourth-order valence-corrected chi connectivity index (χ4v) is 3.65. The first-order valence-electron chi connectivity index (χ1n) is 8.15. The molecule has 0 spiro atoms. The van der Waals surface area contributed by atoms with Gasteiger partial charge in [-0.3, -0.25) is 19.4 Å². The van der Waals surface area contributed by atoms with Crippen molar-refractivity contribution in [2.24, 2.45) is 0 Å². The van der Waals surface area contributed by atoms with E-state index in [0.717, 1.165) is 17.0 Å². The van der Waals surface area contributed by atoms with Gasteiger partial charge in [0.2, 0.25) is 11.8 Å². The monoisotopic (exact) mass is 398 g/mol. The highest BCUT2D eigenvalue weighted by molar-refractivity contribution is 7.14. The molecule has 1 saturated heterocycles. The predicted molar refractivity (Wildman–Crippen MR) is 94.7 cm³/mol. The Labute approximate surface area is 157 Å². The van der Waals surface area contributed by atoms with Crippen LogP contribution in [0.5, 0.6) is 0 Å². The molecule has 0 saturated carbocycles. The van der Waals surface area contributed by atoms with Gasteiger partial charge in [0.1, 0.15) is 0 Å². The molecule has 27 heavy (non-hydrogen) atoms. The van der Waals surface area contributed by atoms with Gasteiger partial charge in [-0.05, 0) is 18.2 Å². The molecule has 0 unspecified atom stereocenters. The van der Waals surface area contributed by atoms with Gasteiger partial charge < -0.3 is 5.32 Å². The molecule has 0 atom stereocenters. The number of thiazole rings is 1. The van der Waals surface area contributed by atoms with E-state index in [1.807, 2.05) is 4.90 Å². The van der Waals surface area contributed by atoms with Gasteiger partial charge in [-0.25, -0.2) is 4.98 Å². The van der Waals surface area contributed by atoms with Crippen LogP contribution in [0.25, 0.3) is 0 Å². The third-order valence-corrected chi connectivity index (χ3v) is 4.86. The standard InChI is InChI=1S/C17H17F3N4O2S/c1-11(25)24(14-4-2-3-12(7-14)17(18,19)20)16-22-13(10-27-16)8-23-6-5-21-15(26)9-23/h2-4,7,10H,5-6,8-9H2,1H3,(H,21,26). The van der Waals surface area contributed by atoms with Crippen LogP contribution in [0, 0.1) is 0 Å². The van der Waals surface area contributed by atoms with Crippen LogP contribution in [-0.4, -0.2) is 41.3 Å². The zero-order valence-electron chi connectivity index (χ0n) is 14.4. The van der Waals surface area contributed by atoms with Crippen molar-refractivity contribution >= 4 is 34.0 Å². The lowest BCUT2D eigenvalue weighted by Gasteiger charge is -2.25. The van der Waals surface area contributed by atoms with Crippen LogP contribution in [0.3, 0.4) is 0 Å². The van der Waals surface area contributed by atoms with Crippen molar-refractivity contribution in [3.8, 4) is 0 Å². The molecule has 6 nitrogen and oxygen atoms in total. The average molecular weight is 398 g/mol. The molecule has 1 fully saturated rings. The van der Waals surface area contributed by atoms with Crippen molar-refractivity contribution in [3.63, 3.8) is 0 Å². The summed E-state index contributed by atoms with van der Waals surface area (Å²) in [6.45, 7) is 3.20. The molecule has 1 aromatic heterocycles. The average Bonchev–Trinajstić information content (AvgIpc) is 3.02. The normalized spacial score (nSPS) is 15.5. The SMILES string of the molecule is CC(=O)N(c1cccc(C(F)(F)F)c1)c1nc(CN2CCNC(=O)C2)cs1. The van der Waals surface area contributed by atoms with Gasteiger partial charge in [-0.1, -0.05) is 6.07 Å². The fourth-order valence-electron chi connectivity index (χ4n) is 2.78. The van der Waals surface area contributed by atoms with Crippen molar-refractivity contribution in [1.29, 1.82) is 0 Å². The minimum Gasteiger partial charge on any atom is -0.354 e. The number of alkyl halides is 3. The lowest BCUT2D eigenvalue weighted by atomic mass is 10.2. The molecule has 0 bridgehead atoms. The van der Waals surface area contributed by atoms with Crippen LogP contribution in [0.4, 0.5) is 24.0 Å². The van der Waals surface area contributed by atoms with Crippen molar-refractivity contribution in [3.05, 3.63) is 40.9 Å². The maximum absolute atomic E-state index is 13.0. The number of hydrogen-bond acceptors (Lipinski definition) is 5. The van der Waals surface area contributed by atoms with E-state index in [2.05, 4.69) is 10.3 Å². The number of amides is 2. The van der Waals surface area contributed by atoms with Gasteiger partial charge in [0.15, 0.2) is 5.13 Å². The summed E-state index contributed by atoms with van der Waals surface area (Å²) in [5.41, 5.74) is -0.0686. The number of halogens is 3. The number of rotatable bonds is 4. The molecular formula is C17H17F3N4O2S. The van der Waals surface area contributed by atoms with E-state index < -0.39 is 17.6 Å². The Hall–Kier alpha value is -2.46. The lowest BCUT2D eigenvalue weighted by molar-refractivity contribution is -0.137. The van der Waals surface area contributed by atoms with Crippen molar-refractivity contribution in [1.82, 2.24) is 15.2 Å². The van der Waals surface area contributed by atoms with Crippen molar-refractivity contribution in [2.45, 2.75) is 19.6 Å². The van der Waals surface area contributed by atoms with Gasteiger partial charge >= 0.3 is 6.18 Å². The van der Waals surface area contributed by atoms with Crippen LogP contribution >= 0.6 is 11.3 Å². The van der Waals surface area contributed by atoms with Crippen molar-refractivity contribution in [2.75, 3.05) is 24.5 Å². The third kappa shape index (κ3) is 4.64. The number of hydrogen-bond donors (Lipinski definition) is 1. The summed E-state index contributed by atoms with van der Waals surface area (Å²) in [5.74, 6) is -0.501. The first kappa shape index (κ1) is 19.3. The summed E-state index contributed by atoms with van der Waals surface area (Å²) < 4.78 is 38.9. The van der Waals surface area contributed by atoms with E-state index in [1.54, 1.807) is 5.38 Å². The summed E-state index contributed by atoms with van der Waals surface area (Å²) in [7, 11) is 0. The highest BCUT2D eigenvalue weighted by Crippen LogP contribution is 2.35. The van der Waals surface area contributed by atoms with Gasteiger partial charge in [0.25, 0.3) is 0 Å². The fraction of sp³-hybridized carbons (Fsp3) is 0.353. The molecule has 2 heterocycles. The Balaban J connectivity index is 1.83. The Morgan fingerprint density at radius 3 is 2.85 bits per heavy atom. The summed E-state index contributed by atoms with van der Waals surface area (Å²) in [4.78, 5) is 31.0. The van der Waals surface area contributed by atoms with Crippen LogP contribution in [-0.2, 0) is 22.3 Å². The molecule has 1 aromatic carbocycles. The number of carbonyl (C=O) groups is 2. The largest absolute Gasteiger partial charge is 0.416 e. The zero-order chi connectivity index (χ0) is 19.6. The number of nitrogens with one attached hydrogen (secondary N) is 1. The third-order valence-electron chi connectivity index (χ3n) is 3.98. The number of carbonyl (C=O) groups excluding carboxylic acids is 2. The summed E-state index contributed by atoms with van der Waals surface area (Å²) in [6, 6.07) is 4.58. The minimum absolute atomic E-state index is 0.0639. The second-order valence-corrected chi connectivity index (χ2v) is 6.92. The molecular weight excluding hydrogens is 381 g/mol. The number of nitrogens with zero attached hydrogens (tertiary/aromatic N) is 3. The van der Waals surface area contributed by atoms with Crippen LogP contribution in [0.1, 0.15) is 18.2 Å². The Morgan fingerprint density at radius 2 is 2.19 bits per heavy atom. The first-order chi connectivity index (χ1) is 12.7. The van der Waals surface area contributed by atoms with E-state index >= 15 is 0 Å². The summed E-state index contributed by atoms with van der Waals surface area (Å²) in [6.07, 6.45) is -4.50. The second-order valence-electron chi connectivity index (χ2n) is 6.08. The predicted octanol–water partition coefficient (Wildman–Crippen LogP) is 2.78. The first-order valence-corrected chi connectivity index (χ1v) is 9.03. The van der Waals surface area contributed by atoms with Gasteiger partial charge in [-0.2, -0.15) is 13.2 Å². The Morgan fingerprint density at radius 1 is 1.41 bits per heavy atom. The summed E-state index contributed by atoms with van der Waals surface area (Å²) >= 11 is 1.17. The zero-order valence-corrected chi connectivity index (χ0v) is 15.2. The molecule has 10 heteroatoms. The van der Waals surface area contributed by atoms with E-state index in [4.69, 9.17) is 0 Å². The molecule has 3 rings (SSSR count). The maximum Gasteiger partial charge on any atom is 0.416 e. The van der Waals surface area contributed by atoms with E-state index in [-0.39, 0.29) is 18.1 Å². The number of aromatic nitrogens is 1. The Kier molecular flexibility index (Phi) is 5.47. The molecule has 0 aliphatic carbocycles. The van der Waals surface area contributed by atoms with Gasteiger partial charge in [0.05, 0.1) is 23.5 Å². The quantitative estimate of drug-likeness (QED) is 0.860. The topological polar surface area (TPSA) is 65.5 Å². The number of anilines is 2. The molecule has 2 aromatic rings. The highest BCUT2D eigenvalue weighted by Gasteiger charge is 2.31. The van der Waals surface area contributed by atoms with Crippen LogP contribution in [0.15, 0.2) is 29.6 Å². The van der Waals surface area contributed by atoms with E-state index in [0.29, 0.717) is 30.5 Å². The molecule has 1 N–H and O–H groups in total. The molecule has 1 aliphatic heterocycles. The van der Waals surface area contributed by atoms with Gasteiger partial charge in [0, 0.05) is 31.9 Å². The molecule has 2 amide bonds. The second kappa shape index (κ2) is 7.65.